The first-order chi connectivity index (χ1) is 8.69. The molecule has 1 saturated carbocycles. The maximum absolute atomic E-state index is 4.72. The first-order valence-electron chi connectivity index (χ1n) is 7.37. The van der Waals surface area contributed by atoms with E-state index in [1.165, 1.54) is 25.7 Å². The highest BCUT2D eigenvalue weighted by molar-refractivity contribution is 14.0. The highest BCUT2D eigenvalue weighted by Gasteiger charge is 2.32. The Morgan fingerprint density at radius 3 is 2.42 bits per heavy atom. The van der Waals surface area contributed by atoms with E-state index in [0.29, 0.717) is 6.04 Å². The Bertz CT molecular complexity index is 250. The number of guanidine groups is 1. The molecule has 0 aromatic heterocycles. The molecule has 19 heavy (non-hydrogen) atoms. The zero-order valence-electron chi connectivity index (χ0n) is 12.9. The molecule has 0 bridgehead atoms. The van der Waals surface area contributed by atoms with Gasteiger partial charge in [0.05, 0.1) is 6.54 Å². The van der Waals surface area contributed by atoms with Crippen molar-refractivity contribution in [1.29, 1.82) is 0 Å². The molecule has 114 valence electrons. The first kappa shape index (κ1) is 19.0. The molecule has 0 amide bonds. The van der Waals surface area contributed by atoms with Crippen molar-refractivity contribution in [3.05, 3.63) is 0 Å². The zero-order chi connectivity index (χ0) is 13.4. The van der Waals surface area contributed by atoms with Crippen molar-refractivity contribution in [2.75, 3.05) is 33.7 Å². The molecule has 1 atom stereocenters. The third-order valence-electron chi connectivity index (χ3n) is 3.43. The van der Waals surface area contributed by atoms with Gasteiger partial charge in [-0.05, 0) is 46.2 Å². The predicted molar refractivity (Wildman–Crippen MR) is 94.5 cm³/mol. The summed E-state index contributed by atoms with van der Waals surface area (Å²) in [5.74, 6) is 1.83. The number of likely N-dealkylation sites (N-methyl/N-ethyl adjacent to an activating group) is 1. The van der Waals surface area contributed by atoms with Gasteiger partial charge in [0.2, 0.25) is 0 Å². The van der Waals surface area contributed by atoms with E-state index in [1.54, 1.807) is 0 Å². The second-order valence-corrected chi connectivity index (χ2v) is 5.37. The van der Waals surface area contributed by atoms with Crippen LogP contribution < -0.4 is 10.6 Å². The molecule has 1 aliphatic carbocycles. The van der Waals surface area contributed by atoms with Gasteiger partial charge in [0, 0.05) is 19.1 Å². The van der Waals surface area contributed by atoms with Crippen LogP contribution in [0.3, 0.4) is 0 Å². The Balaban J connectivity index is 0.00000324. The molecule has 0 spiro atoms. The number of rotatable bonds is 8. The van der Waals surface area contributed by atoms with Crippen molar-refractivity contribution in [1.82, 2.24) is 15.5 Å². The summed E-state index contributed by atoms with van der Waals surface area (Å²) >= 11 is 0. The normalized spacial score (nSPS) is 17.0. The minimum Gasteiger partial charge on any atom is -0.357 e. The van der Waals surface area contributed by atoms with E-state index >= 15 is 0 Å². The van der Waals surface area contributed by atoms with Crippen molar-refractivity contribution in [3.8, 4) is 0 Å². The van der Waals surface area contributed by atoms with Crippen LogP contribution in [0.25, 0.3) is 0 Å². The van der Waals surface area contributed by atoms with Crippen molar-refractivity contribution < 1.29 is 0 Å². The maximum atomic E-state index is 4.72. The fourth-order valence-electron chi connectivity index (χ4n) is 2.13. The molecule has 4 nitrogen and oxygen atoms in total. The van der Waals surface area contributed by atoms with Gasteiger partial charge in [-0.25, -0.2) is 0 Å². The Morgan fingerprint density at radius 1 is 1.26 bits per heavy atom. The van der Waals surface area contributed by atoms with Crippen molar-refractivity contribution in [2.45, 2.75) is 45.6 Å². The molecule has 5 heteroatoms. The summed E-state index contributed by atoms with van der Waals surface area (Å²) < 4.78 is 0. The quantitative estimate of drug-likeness (QED) is 0.293. The Labute approximate surface area is 135 Å². The fourth-order valence-corrected chi connectivity index (χ4v) is 2.13. The molecule has 0 aromatic carbocycles. The monoisotopic (exact) mass is 382 g/mol. The zero-order valence-corrected chi connectivity index (χ0v) is 15.2. The molecule has 0 aromatic rings. The van der Waals surface area contributed by atoms with Gasteiger partial charge in [-0.15, -0.1) is 24.0 Å². The molecule has 1 aliphatic rings. The largest absolute Gasteiger partial charge is 0.357 e. The molecule has 1 fully saturated rings. The van der Waals surface area contributed by atoms with Gasteiger partial charge in [-0.1, -0.05) is 13.3 Å². The average Bonchev–Trinajstić information content (AvgIpc) is 3.13. The van der Waals surface area contributed by atoms with E-state index in [4.69, 9.17) is 4.99 Å². The van der Waals surface area contributed by atoms with Gasteiger partial charge >= 0.3 is 0 Å². The van der Waals surface area contributed by atoms with E-state index in [0.717, 1.165) is 31.5 Å². The minimum atomic E-state index is 0. The van der Waals surface area contributed by atoms with E-state index < -0.39 is 0 Å². The predicted octanol–water partition coefficient (Wildman–Crippen LogP) is 2.30. The summed E-state index contributed by atoms with van der Waals surface area (Å²) in [6, 6.07) is 0.603. The lowest BCUT2D eigenvalue weighted by atomic mass is 10.2. The summed E-state index contributed by atoms with van der Waals surface area (Å²) in [5, 5.41) is 6.71. The summed E-state index contributed by atoms with van der Waals surface area (Å²) in [7, 11) is 4.33. The smallest absolute Gasteiger partial charge is 0.191 e. The lowest BCUT2D eigenvalue weighted by Crippen LogP contribution is -2.40. The standard InChI is InChI=1S/C14H30N4.HI/c1-5-7-10-16-14(15-6-2)17-11-13(18(3)4)12-8-9-12;/h12-13H,5-11H2,1-4H3,(H2,15,16,17);1H. The van der Waals surface area contributed by atoms with Crippen LogP contribution in [0.15, 0.2) is 4.99 Å². The summed E-state index contributed by atoms with van der Waals surface area (Å²) in [4.78, 5) is 7.04. The highest BCUT2D eigenvalue weighted by Crippen LogP contribution is 2.34. The van der Waals surface area contributed by atoms with Gasteiger partial charge in [-0.2, -0.15) is 0 Å². The van der Waals surface area contributed by atoms with Crippen LogP contribution in [0.4, 0.5) is 0 Å². The number of hydrogen-bond acceptors (Lipinski definition) is 2. The van der Waals surface area contributed by atoms with E-state index in [9.17, 15) is 0 Å². The fraction of sp³-hybridized carbons (Fsp3) is 0.929. The summed E-state index contributed by atoms with van der Waals surface area (Å²) in [5.41, 5.74) is 0. The summed E-state index contributed by atoms with van der Waals surface area (Å²) in [6.45, 7) is 7.16. The number of unbranched alkanes of at least 4 members (excludes halogenated alkanes) is 1. The Hall–Kier alpha value is -0.0400. The second kappa shape index (κ2) is 10.7. The average molecular weight is 382 g/mol. The van der Waals surface area contributed by atoms with Gasteiger partial charge in [-0.3, -0.25) is 4.99 Å². The van der Waals surface area contributed by atoms with Gasteiger partial charge in [0.1, 0.15) is 0 Å². The van der Waals surface area contributed by atoms with Gasteiger partial charge in [0.15, 0.2) is 5.96 Å². The third-order valence-corrected chi connectivity index (χ3v) is 3.43. The van der Waals surface area contributed by atoms with Crippen LogP contribution in [0, 0.1) is 5.92 Å². The lowest BCUT2D eigenvalue weighted by molar-refractivity contribution is 0.271. The van der Waals surface area contributed by atoms with Crippen LogP contribution in [-0.4, -0.2) is 50.6 Å². The molecule has 1 unspecified atom stereocenters. The Morgan fingerprint density at radius 2 is 1.95 bits per heavy atom. The number of nitrogens with one attached hydrogen (secondary N) is 2. The molecule has 0 aliphatic heterocycles. The van der Waals surface area contributed by atoms with Crippen molar-refractivity contribution in [3.63, 3.8) is 0 Å². The number of aliphatic imine (C=N–C) groups is 1. The minimum absolute atomic E-state index is 0. The van der Waals surface area contributed by atoms with Gasteiger partial charge < -0.3 is 15.5 Å². The van der Waals surface area contributed by atoms with Crippen molar-refractivity contribution in [2.24, 2.45) is 10.9 Å². The third kappa shape index (κ3) is 7.97. The molecule has 0 heterocycles. The van der Waals surface area contributed by atoms with Crippen molar-refractivity contribution >= 4 is 29.9 Å². The maximum Gasteiger partial charge on any atom is 0.191 e. The molecular weight excluding hydrogens is 351 g/mol. The molecule has 0 radical (unpaired) electrons. The molecule has 1 rings (SSSR count). The van der Waals surface area contributed by atoms with Gasteiger partial charge in [0.25, 0.3) is 0 Å². The highest BCUT2D eigenvalue weighted by atomic mass is 127. The number of hydrogen-bond donors (Lipinski definition) is 2. The SMILES string of the molecule is CCCCNC(=NCC(C1CC1)N(C)C)NCC.I. The summed E-state index contributed by atoms with van der Waals surface area (Å²) in [6.07, 6.45) is 5.16. The number of nitrogens with zero attached hydrogens (tertiary/aromatic N) is 2. The van der Waals surface area contributed by atoms with E-state index in [1.807, 2.05) is 0 Å². The van der Waals surface area contributed by atoms with E-state index in [-0.39, 0.29) is 24.0 Å². The molecule has 2 N–H and O–H groups in total. The Kier molecular flexibility index (Phi) is 10.7. The topological polar surface area (TPSA) is 39.7 Å². The van der Waals surface area contributed by atoms with Crippen LogP contribution in [-0.2, 0) is 0 Å². The first-order valence-corrected chi connectivity index (χ1v) is 7.37. The molecule has 0 saturated heterocycles. The van der Waals surface area contributed by atoms with Crippen LogP contribution >= 0.6 is 24.0 Å². The van der Waals surface area contributed by atoms with Crippen LogP contribution in [0.1, 0.15) is 39.5 Å². The second-order valence-electron chi connectivity index (χ2n) is 5.37. The lowest BCUT2D eigenvalue weighted by Gasteiger charge is -2.22. The van der Waals surface area contributed by atoms with Crippen LogP contribution in [0.5, 0.6) is 0 Å². The number of halogens is 1. The van der Waals surface area contributed by atoms with Crippen LogP contribution in [0.2, 0.25) is 0 Å². The van der Waals surface area contributed by atoms with E-state index in [2.05, 4.69) is 43.5 Å². The molecular formula is C14H31IN4.